The SMILES string of the molecule is Cc1cccc(OCCNC(=O)COc2cccc3c2NC(=O)CO3)c1. The van der Waals surface area contributed by atoms with Crippen molar-refractivity contribution in [2.45, 2.75) is 6.92 Å². The summed E-state index contributed by atoms with van der Waals surface area (Å²) in [6.07, 6.45) is 0. The number of hydrogen-bond donors (Lipinski definition) is 2. The Morgan fingerprint density at radius 2 is 2.08 bits per heavy atom. The van der Waals surface area contributed by atoms with E-state index >= 15 is 0 Å². The number of nitrogens with one attached hydrogen (secondary N) is 2. The Morgan fingerprint density at radius 3 is 2.92 bits per heavy atom. The average molecular weight is 356 g/mol. The monoisotopic (exact) mass is 356 g/mol. The summed E-state index contributed by atoms with van der Waals surface area (Å²) in [6.45, 7) is 2.51. The minimum absolute atomic E-state index is 0.0299. The molecule has 7 nitrogen and oxygen atoms in total. The highest BCUT2D eigenvalue weighted by molar-refractivity contribution is 5.97. The minimum atomic E-state index is -0.279. The van der Waals surface area contributed by atoms with Gasteiger partial charge in [0.1, 0.15) is 29.5 Å². The summed E-state index contributed by atoms with van der Waals surface area (Å²) in [5.74, 6) is 1.14. The molecule has 0 unspecified atom stereocenters. The van der Waals surface area contributed by atoms with Crippen LogP contribution in [0.4, 0.5) is 5.69 Å². The molecule has 136 valence electrons. The third kappa shape index (κ3) is 4.66. The van der Waals surface area contributed by atoms with E-state index < -0.39 is 0 Å². The zero-order valence-corrected chi connectivity index (χ0v) is 14.4. The van der Waals surface area contributed by atoms with Gasteiger partial charge in [0.05, 0.1) is 6.54 Å². The first kappa shape index (κ1) is 17.6. The molecule has 0 spiro atoms. The van der Waals surface area contributed by atoms with Crippen LogP contribution in [0.3, 0.4) is 0 Å². The second-order valence-corrected chi connectivity index (χ2v) is 5.77. The Hall–Kier alpha value is -3.22. The average Bonchev–Trinajstić information content (AvgIpc) is 2.63. The maximum absolute atomic E-state index is 11.9. The van der Waals surface area contributed by atoms with Crippen molar-refractivity contribution in [3.05, 3.63) is 48.0 Å². The fourth-order valence-corrected chi connectivity index (χ4v) is 2.45. The Labute approximate surface area is 151 Å². The highest BCUT2D eigenvalue weighted by Crippen LogP contribution is 2.36. The highest BCUT2D eigenvalue weighted by atomic mass is 16.5. The van der Waals surface area contributed by atoms with Crippen molar-refractivity contribution in [3.8, 4) is 17.2 Å². The number of aryl methyl sites for hydroxylation is 1. The molecule has 26 heavy (non-hydrogen) atoms. The normalized spacial score (nSPS) is 12.4. The van der Waals surface area contributed by atoms with Crippen molar-refractivity contribution < 1.29 is 23.8 Å². The smallest absolute Gasteiger partial charge is 0.262 e. The lowest BCUT2D eigenvalue weighted by molar-refractivity contribution is -0.123. The molecule has 2 N–H and O–H groups in total. The molecular formula is C19H20N2O5. The molecule has 0 fully saturated rings. The van der Waals surface area contributed by atoms with Crippen LogP contribution < -0.4 is 24.8 Å². The van der Waals surface area contributed by atoms with E-state index in [1.165, 1.54) is 0 Å². The molecule has 1 aliphatic heterocycles. The molecule has 0 saturated heterocycles. The van der Waals surface area contributed by atoms with E-state index in [-0.39, 0.29) is 25.0 Å². The lowest BCUT2D eigenvalue weighted by Gasteiger charge is -2.20. The summed E-state index contributed by atoms with van der Waals surface area (Å²) < 4.78 is 16.4. The number of benzene rings is 2. The molecule has 0 atom stereocenters. The zero-order chi connectivity index (χ0) is 18.4. The van der Waals surface area contributed by atoms with E-state index in [1.807, 2.05) is 31.2 Å². The van der Waals surface area contributed by atoms with E-state index in [0.717, 1.165) is 11.3 Å². The lowest BCUT2D eigenvalue weighted by Crippen LogP contribution is -2.32. The molecule has 7 heteroatoms. The first-order valence-corrected chi connectivity index (χ1v) is 8.26. The van der Waals surface area contributed by atoms with Crippen LogP contribution in [0.2, 0.25) is 0 Å². The number of carbonyl (C=O) groups excluding carboxylic acids is 2. The number of hydrogen-bond acceptors (Lipinski definition) is 5. The second kappa shape index (κ2) is 8.24. The van der Waals surface area contributed by atoms with Gasteiger partial charge in [-0.3, -0.25) is 9.59 Å². The quantitative estimate of drug-likeness (QED) is 0.740. The molecule has 2 aromatic rings. The van der Waals surface area contributed by atoms with E-state index in [4.69, 9.17) is 14.2 Å². The van der Waals surface area contributed by atoms with Crippen molar-refractivity contribution >= 4 is 17.5 Å². The number of ether oxygens (including phenoxy) is 3. The molecule has 0 saturated carbocycles. The van der Waals surface area contributed by atoms with Crippen LogP contribution in [-0.2, 0) is 9.59 Å². The van der Waals surface area contributed by atoms with Gasteiger partial charge in [-0.15, -0.1) is 0 Å². The van der Waals surface area contributed by atoms with Gasteiger partial charge in [-0.2, -0.15) is 0 Å². The summed E-state index contributed by atoms with van der Waals surface area (Å²) in [5.41, 5.74) is 1.56. The summed E-state index contributed by atoms with van der Waals surface area (Å²) in [6, 6.07) is 12.8. The van der Waals surface area contributed by atoms with Gasteiger partial charge in [-0.05, 0) is 36.8 Å². The standard InChI is InChI=1S/C19H20N2O5/c1-13-4-2-5-14(10-13)24-9-8-20-17(22)11-25-15-6-3-7-16-19(15)21-18(23)12-26-16/h2-7,10H,8-9,11-12H2,1H3,(H,20,22)(H,21,23). The van der Waals surface area contributed by atoms with Crippen molar-refractivity contribution in [3.63, 3.8) is 0 Å². The van der Waals surface area contributed by atoms with Gasteiger partial charge in [-0.25, -0.2) is 0 Å². The number of para-hydroxylation sites is 1. The van der Waals surface area contributed by atoms with Gasteiger partial charge < -0.3 is 24.8 Å². The van der Waals surface area contributed by atoms with Crippen molar-refractivity contribution in [1.82, 2.24) is 5.32 Å². The number of carbonyl (C=O) groups is 2. The molecular weight excluding hydrogens is 336 g/mol. The second-order valence-electron chi connectivity index (χ2n) is 5.77. The van der Waals surface area contributed by atoms with Crippen LogP contribution in [0.1, 0.15) is 5.56 Å². The topological polar surface area (TPSA) is 85.9 Å². The third-order valence-electron chi connectivity index (χ3n) is 3.65. The number of amides is 2. The van der Waals surface area contributed by atoms with Crippen LogP contribution in [0, 0.1) is 6.92 Å². The van der Waals surface area contributed by atoms with Gasteiger partial charge in [0.15, 0.2) is 13.2 Å². The molecule has 2 amide bonds. The molecule has 1 heterocycles. The van der Waals surface area contributed by atoms with Gasteiger partial charge in [0.25, 0.3) is 11.8 Å². The van der Waals surface area contributed by atoms with Gasteiger partial charge in [0, 0.05) is 0 Å². The fourth-order valence-electron chi connectivity index (χ4n) is 2.45. The van der Waals surface area contributed by atoms with Crippen molar-refractivity contribution in [1.29, 1.82) is 0 Å². The Morgan fingerprint density at radius 1 is 1.23 bits per heavy atom. The van der Waals surface area contributed by atoms with E-state index in [0.29, 0.717) is 30.3 Å². The number of fused-ring (bicyclic) bond motifs is 1. The largest absolute Gasteiger partial charge is 0.492 e. The lowest BCUT2D eigenvalue weighted by atomic mass is 10.2. The van der Waals surface area contributed by atoms with Crippen LogP contribution in [0.25, 0.3) is 0 Å². The summed E-state index contributed by atoms with van der Waals surface area (Å²) in [4.78, 5) is 23.3. The Bertz CT molecular complexity index is 806. The van der Waals surface area contributed by atoms with Crippen molar-refractivity contribution in [2.24, 2.45) is 0 Å². The van der Waals surface area contributed by atoms with Crippen LogP contribution in [0.15, 0.2) is 42.5 Å². The van der Waals surface area contributed by atoms with Crippen LogP contribution >= 0.6 is 0 Å². The Kier molecular flexibility index (Phi) is 5.58. The zero-order valence-electron chi connectivity index (χ0n) is 14.4. The highest BCUT2D eigenvalue weighted by Gasteiger charge is 2.20. The third-order valence-corrected chi connectivity index (χ3v) is 3.65. The van der Waals surface area contributed by atoms with E-state index in [1.54, 1.807) is 18.2 Å². The summed E-state index contributed by atoms with van der Waals surface area (Å²) in [7, 11) is 0. The first-order valence-electron chi connectivity index (χ1n) is 8.26. The van der Waals surface area contributed by atoms with Crippen molar-refractivity contribution in [2.75, 3.05) is 31.7 Å². The molecule has 0 radical (unpaired) electrons. The molecule has 1 aliphatic rings. The molecule has 3 rings (SSSR count). The molecule has 2 aromatic carbocycles. The molecule has 0 bridgehead atoms. The maximum Gasteiger partial charge on any atom is 0.262 e. The molecule has 0 aliphatic carbocycles. The summed E-state index contributed by atoms with van der Waals surface area (Å²) in [5, 5.41) is 5.41. The molecule has 0 aromatic heterocycles. The van der Waals surface area contributed by atoms with Crippen LogP contribution in [-0.4, -0.2) is 38.2 Å². The van der Waals surface area contributed by atoms with E-state index in [2.05, 4.69) is 10.6 Å². The maximum atomic E-state index is 11.9. The van der Waals surface area contributed by atoms with E-state index in [9.17, 15) is 9.59 Å². The predicted molar refractivity (Wildman–Crippen MR) is 95.7 cm³/mol. The fraction of sp³-hybridized carbons (Fsp3) is 0.263. The van der Waals surface area contributed by atoms with Crippen LogP contribution in [0.5, 0.6) is 17.2 Å². The Balaban J connectivity index is 1.43. The van der Waals surface area contributed by atoms with Gasteiger partial charge in [0.2, 0.25) is 0 Å². The first-order chi connectivity index (χ1) is 12.6. The number of anilines is 1. The minimum Gasteiger partial charge on any atom is -0.492 e. The summed E-state index contributed by atoms with van der Waals surface area (Å²) >= 11 is 0. The number of rotatable bonds is 7. The predicted octanol–water partition coefficient (Wildman–Crippen LogP) is 1.90. The van der Waals surface area contributed by atoms with Gasteiger partial charge >= 0.3 is 0 Å². The van der Waals surface area contributed by atoms with Gasteiger partial charge in [-0.1, -0.05) is 18.2 Å².